The molecule has 1 aromatic heterocycles. The van der Waals surface area contributed by atoms with E-state index in [-0.39, 0.29) is 12.4 Å². The van der Waals surface area contributed by atoms with Crippen LogP contribution in [0.3, 0.4) is 0 Å². The molecule has 0 radical (unpaired) electrons. The minimum absolute atomic E-state index is 0. The first-order valence-corrected chi connectivity index (χ1v) is 4.99. The molecule has 1 aliphatic rings. The maximum atomic E-state index is 5.42. The zero-order valence-electron chi connectivity index (χ0n) is 8.69. The summed E-state index contributed by atoms with van der Waals surface area (Å²) in [5, 5.41) is 6.39. The van der Waals surface area contributed by atoms with E-state index < -0.39 is 0 Å². The van der Waals surface area contributed by atoms with E-state index in [1.807, 2.05) is 0 Å². The van der Waals surface area contributed by atoms with Gasteiger partial charge in [0.15, 0.2) is 5.76 Å². The van der Waals surface area contributed by atoms with Crippen LogP contribution in [0.4, 0.5) is 0 Å². The van der Waals surface area contributed by atoms with Gasteiger partial charge in [-0.05, 0) is 11.1 Å². The minimum atomic E-state index is 0. The first-order valence-electron chi connectivity index (χ1n) is 4.99. The number of hydrogen-bond acceptors (Lipinski definition) is 2. The van der Waals surface area contributed by atoms with E-state index in [9.17, 15) is 0 Å². The highest BCUT2D eigenvalue weighted by atomic mass is 35.5. The van der Waals surface area contributed by atoms with Gasteiger partial charge >= 0.3 is 0 Å². The van der Waals surface area contributed by atoms with Crippen LogP contribution in [0.25, 0.3) is 0 Å². The maximum Gasteiger partial charge on any atom is 0.233 e. The molecular weight excluding hydrogens is 200 g/mol. The van der Waals surface area contributed by atoms with Crippen molar-refractivity contribution < 1.29 is 22.1 Å². The van der Waals surface area contributed by atoms with E-state index in [4.69, 9.17) is 4.52 Å². The molecule has 14 heavy (non-hydrogen) atoms. The summed E-state index contributed by atoms with van der Waals surface area (Å²) in [4.78, 5) is 0. The fourth-order valence-electron chi connectivity index (χ4n) is 1.81. The van der Waals surface area contributed by atoms with Crippen LogP contribution in [0.2, 0.25) is 0 Å². The van der Waals surface area contributed by atoms with Gasteiger partial charge in [-0.25, -0.2) is 4.52 Å². The van der Waals surface area contributed by atoms with Crippen molar-refractivity contribution in [2.45, 2.75) is 33.2 Å². The lowest BCUT2D eigenvalue weighted by Crippen LogP contribution is -3.00. The summed E-state index contributed by atoms with van der Waals surface area (Å²) in [7, 11) is 0. The van der Waals surface area contributed by atoms with Crippen LogP contribution in [-0.2, 0) is 19.4 Å². The van der Waals surface area contributed by atoms with Gasteiger partial charge in [0.1, 0.15) is 0 Å². The Morgan fingerprint density at radius 3 is 3.00 bits per heavy atom. The Kier molecular flexibility index (Phi) is 3.96. The fourth-order valence-corrected chi connectivity index (χ4v) is 1.81. The molecule has 2 N–H and O–H groups in total. The molecule has 1 aliphatic heterocycles. The topological polar surface area (TPSA) is 39.3 Å². The third-order valence-electron chi connectivity index (χ3n) is 2.44. The molecule has 0 atom stereocenters. The fraction of sp³-hybridized carbons (Fsp3) is 0.700. The van der Waals surface area contributed by atoms with Gasteiger partial charge in [0.25, 0.3) is 0 Å². The van der Waals surface area contributed by atoms with Gasteiger partial charge in [0, 0.05) is 25.9 Å². The number of aromatic nitrogens is 1. The van der Waals surface area contributed by atoms with Crippen LogP contribution in [0.5, 0.6) is 0 Å². The van der Waals surface area contributed by atoms with Crippen LogP contribution in [0.1, 0.15) is 30.9 Å². The predicted molar refractivity (Wildman–Crippen MR) is 49.2 cm³/mol. The smallest absolute Gasteiger partial charge is 0.233 e. The predicted octanol–water partition coefficient (Wildman–Crippen LogP) is -2.06. The molecule has 80 valence electrons. The van der Waals surface area contributed by atoms with Gasteiger partial charge in [-0.3, -0.25) is 0 Å². The molecule has 0 amide bonds. The molecule has 0 spiro atoms. The summed E-state index contributed by atoms with van der Waals surface area (Å²) in [5.41, 5.74) is 2.64. The molecule has 0 aromatic carbocycles. The second kappa shape index (κ2) is 4.80. The Labute approximate surface area is 90.6 Å². The zero-order valence-corrected chi connectivity index (χ0v) is 9.45. The highest BCUT2D eigenvalue weighted by Gasteiger charge is 2.24. The lowest BCUT2D eigenvalue weighted by Gasteiger charge is -2.08. The van der Waals surface area contributed by atoms with Crippen LogP contribution < -0.4 is 22.9 Å². The van der Waals surface area contributed by atoms with Crippen molar-refractivity contribution in [1.29, 1.82) is 0 Å². The van der Waals surface area contributed by atoms with E-state index in [0.717, 1.165) is 31.7 Å². The van der Waals surface area contributed by atoms with Crippen molar-refractivity contribution in [3.05, 3.63) is 17.0 Å². The second-order valence-electron chi connectivity index (χ2n) is 4.11. The van der Waals surface area contributed by atoms with Gasteiger partial charge in [-0.1, -0.05) is 13.8 Å². The van der Waals surface area contributed by atoms with Gasteiger partial charge < -0.3 is 17.7 Å². The van der Waals surface area contributed by atoms with Crippen molar-refractivity contribution in [3.8, 4) is 0 Å². The van der Waals surface area contributed by atoms with Crippen LogP contribution in [0.15, 0.2) is 4.52 Å². The number of fused-ring (bicyclic) bond motifs is 1. The maximum absolute atomic E-state index is 5.42. The van der Waals surface area contributed by atoms with E-state index in [1.165, 1.54) is 11.3 Å². The lowest BCUT2D eigenvalue weighted by molar-refractivity contribution is -0.617. The first-order chi connectivity index (χ1) is 6.27. The van der Waals surface area contributed by atoms with E-state index >= 15 is 0 Å². The number of halogens is 1. The summed E-state index contributed by atoms with van der Waals surface area (Å²) in [6, 6.07) is 0. The van der Waals surface area contributed by atoms with Gasteiger partial charge in [-0.2, -0.15) is 0 Å². The highest BCUT2D eigenvalue weighted by Crippen LogP contribution is 2.17. The molecule has 0 bridgehead atoms. The summed E-state index contributed by atoms with van der Waals surface area (Å²) >= 11 is 0. The average molecular weight is 217 g/mol. The molecule has 0 aliphatic carbocycles. The molecular formula is C10H17ClN2O. The number of aromatic amines is 1. The Morgan fingerprint density at radius 1 is 1.50 bits per heavy atom. The number of hydrogen-bond donors (Lipinski definition) is 1. The molecule has 2 heterocycles. The van der Waals surface area contributed by atoms with Crippen molar-refractivity contribution in [2.75, 3.05) is 6.54 Å². The first kappa shape index (κ1) is 11.5. The number of H-pyrrole nitrogens is 1. The van der Waals surface area contributed by atoms with E-state index in [0.29, 0.717) is 5.92 Å². The molecule has 0 unspecified atom stereocenters. The van der Waals surface area contributed by atoms with Crippen molar-refractivity contribution in [2.24, 2.45) is 5.92 Å². The molecule has 1 aromatic rings. The van der Waals surface area contributed by atoms with Crippen molar-refractivity contribution in [3.63, 3.8) is 0 Å². The van der Waals surface area contributed by atoms with Crippen LogP contribution >= 0.6 is 0 Å². The third kappa shape index (κ3) is 2.28. The largest absolute Gasteiger partial charge is 1.00 e. The standard InChI is InChI=1S/C10H16N2O.ClH/c1-7(2)5-9-8-6-11-4-3-10(8)13-12-9;/h7,11H,3-6H2,1-2H3;1H. The second-order valence-corrected chi connectivity index (χ2v) is 4.11. The Balaban J connectivity index is 0.000000980. The average Bonchev–Trinajstić information content (AvgIpc) is 2.48. The summed E-state index contributed by atoms with van der Waals surface area (Å²) < 4.78 is 5.42. The molecule has 0 saturated carbocycles. The molecule has 4 heteroatoms. The molecule has 0 saturated heterocycles. The van der Waals surface area contributed by atoms with Crippen LogP contribution in [0, 0.1) is 5.92 Å². The summed E-state index contributed by atoms with van der Waals surface area (Å²) in [6.45, 7) is 6.45. The quantitative estimate of drug-likeness (QED) is 0.618. The highest BCUT2D eigenvalue weighted by molar-refractivity contribution is 5.22. The Bertz CT molecular complexity index is 296. The lowest BCUT2D eigenvalue weighted by atomic mass is 10.0. The van der Waals surface area contributed by atoms with E-state index in [1.54, 1.807) is 0 Å². The Hall–Kier alpha value is -0.540. The molecule has 2 rings (SSSR count). The van der Waals surface area contributed by atoms with Crippen LogP contribution in [-0.4, -0.2) is 6.54 Å². The summed E-state index contributed by atoms with van der Waals surface area (Å²) in [5.74, 6) is 1.83. The van der Waals surface area contributed by atoms with Crippen molar-refractivity contribution in [1.82, 2.24) is 5.32 Å². The monoisotopic (exact) mass is 216 g/mol. The van der Waals surface area contributed by atoms with Crippen molar-refractivity contribution >= 4 is 0 Å². The minimum Gasteiger partial charge on any atom is -1.00 e. The number of rotatable bonds is 2. The number of nitrogens with one attached hydrogen (secondary N) is 2. The zero-order chi connectivity index (χ0) is 9.26. The molecule has 3 nitrogen and oxygen atoms in total. The van der Waals surface area contributed by atoms with E-state index in [2.05, 4.69) is 24.3 Å². The normalized spacial score (nSPS) is 15.1. The third-order valence-corrected chi connectivity index (χ3v) is 2.44. The molecule has 0 fully saturated rings. The van der Waals surface area contributed by atoms with Gasteiger partial charge in [0.2, 0.25) is 5.69 Å². The Morgan fingerprint density at radius 2 is 2.29 bits per heavy atom. The SMILES string of the molecule is CC(C)Cc1[nH+]oc2c1CNCC2.[Cl-]. The summed E-state index contributed by atoms with van der Waals surface area (Å²) in [6.07, 6.45) is 2.10. The van der Waals surface area contributed by atoms with Gasteiger partial charge in [-0.15, -0.1) is 0 Å². The van der Waals surface area contributed by atoms with Gasteiger partial charge in [0.05, 0.1) is 5.56 Å².